The lowest BCUT2D eigenvalue weighted by molar-refractivity contribution is -0.166. The number of nitrogens with one attached hydrogen (secondary N) is 1. The van der Waals surface area contributed by atoms with Crippen molar-refractivity contribution in [2.24, 2.45) is 0 Å². The van der Waals surface area contributed by atoms with E-state index in [-0.39, 0.29) is 18.4 Å². The molecule has 1 aromatic carbocycles. The molecule has 4 heterocycles. The summed E-state index contributed by atoms with van der Waals surface area (Å²) in [4.78, 5) is 37.6. The zero-order valence-corrected chi connectivity index (χ0v) is 16.4. The molecule has 2 amide bonds. The topological polar surface area (TPSA) is 78.5 Å². The van der Waals surface area contributed by atoms with E-state index in [9.17, 15) is 9.59 Å². The Morgan fingerprint density at radius 1 is 1.28 bits per heavy atom. The van der Waals surface area contributed by atoms with Crippen LogP contribution in [-0.2, 0) is 28.1 Å². The number of ether oxygens (including phenoxy) is 1. The van der Waals surface area contributed by atoms with Gasteiger partial charge in [-0.15, -0.1) is 0 Å². The van der Waals surface area contributed by atoms with Crippen LogP contribution in [0, 0.1) is 0 Å². The van der Waals surface area contributed by atoms with Gasteiger partial charge in [-0.05, 0) is 48.7 Å². The molecule has 7 nitrogen and oxygen atoms in total. The minimum Gasteiger partial charge on any atom is -0.497 e. The third-order valence-electron chi connectivity index (χ3n) is 6.15. The normalized spacial score (nSPS) is 21.3. The fourth-order valence-corrected chi connectivity index (χ4v) is 4.68. The largest absolute Gasteiger partial charge is 0.497 e. The molecule has 0 radical (unpaired) electrons. The standard InChI is InChI=1S/C22H22N4O3/c1-22-20-16(17-10-15(29-2)5-6-18(17)24-20)7-9-26(22)19(27)13-25(21(22)28)12-14-4-3-8-23-11-14/h3-6,8,10-11,24H,7,9,12-13H2,1-2H3. The van der Waals surface area contributed by atoms with Crippen LogP contribution in [0.15, 0.2) is 42.7 Å². The maximum atomic E-state index is 13.7. The predicted octanol–water partition coefficient (Wildman–Crippen LogP) is 2.21. The van der Waals surface area contributed by atoms with Crippen molar-refractivity contribution < 1.29 is 14.3 Å². The SMILES string of the molecule is COc1ccc2[nH]c3c(c2c1)CCN1C(=O)CN(Cc2cccnc2)C(=O)C31C. The first kappa shape index (κ1) is 17.7. The Morgan fingerprint density at radius 3 is 2.90 bits per heavy atom. The minimum absolute atomic E-state index is 0.0297. The lowest BCUT2D eigenvalue weighted by atomic mass is 9.83. The van der Waals surface area contributed by atoms with Gasteiger partial charge in [0.25, 0.3) is 5.91 Å². The summed E-state index contributed by atoms with van der Waals surface area (Å²) >= 11 is 0. The van der Waals surface area contributed by atoms with Crippen LogP contribution < -0.4 is 4.74 Å². The quantitative estimate of drug-likeness (QED) is 0.744. The number of benzene rings is 1. The van der Waals surface area contributed by atoms with Crippen molar-refractivity contribution in [3.05, 3.63) is 59.5 Å². The van der Waals surface area contributed by atoms with Gasteiger partial charge in [0.15, 0.2) is 5.54 Å². The average molecular weight is 390 g/mol. The van der Waals surface area contributed by atoms with Gasteiger partial charge < -0.3 is 19.5 Å². The first-order valence-corrected chi connectivity index (χ1v) is 9.70. The van der Waals surface area contributed by atoms with E-state index in [1.807, 2.05) is 37.3 Å². The van der Waals surface area contributed by atoms with Crippen molar-refractivity contribution in [3.8, 4) is 5.75 Å². The number of hydrogen-bond acceptors (Lipinski definition) is 4. The van der Waals surface area contributed by atoms with Gasteiger partial charge >= 0.3 is 0 Å². The number of pyridine rings is 1. The number of amides is 2. The Morgan fingerprint density at radius 2 is 2.14 bits per heavy atom. The van der Waals surface area contributed by atoms with Crippen LogP contribution >= 0.6 is 0 Å². The van der Waals surface area contributed by atoms with Gasteiger partial charge in [-0.2, -0.15) is 0 Å². The lowest BCUT2D eigenvalue weighted by Gasteiger charge is -2.49. The minimum atomic E-state index is -1.04. The first-order valence-electron chi connectivity index (χ1n) is 9.70. The number of H-pyrrole nitrogens is 1. The maximum Gasteiger partial charge on any atom is 0.255 e. The van der Waals surface area contributed by atoms with E-state index in [0.717, 1.165) is 33.5 Å². The van der Waals surface area contributed by atoms with Crippen LogP contribution in [0.2, 0.25) is 0 Å². The Hall–Kier alpha value is -3.35. The molecule has 0 aliphatic carbocycles. The smallest absolute Gasteiger partial charge is 0.255 e. The van der Waals surface area contributed by atoms with Crippen LogP contribution in [0.1, 0.15) is 23.7 Å². The fraction of sp³-hybridized carbons (Fsp3) is 0.318. The molecule has 1 atom stereocenters. The molecule has 2 aliphatic heterocycles. The van der Waals surface area contributed by atoms with Crippen LogP contribution in [0.25, 0.3) is 10.9 Å². The van der Waals surface area contributed by atoms with Crippen LogP contribution in [0.4, 0.5) is 0 Å². The maximum absolute atomic E-state index is 13.7. The molecule has 148 valence electrons. The van der Waals surface area contributed by atoms with Crippen molar-refractivity contribution in [3.63, 3.8) is 0 Å². The summed E-state index contributed by atoms with van der Waals surface area (Å²) in [5.74, 6) is 0.675. The highest BCUT2D eigenvalue weighted by molar-refractivity contribution is 6.00. The van der Waals surface area contributed by atoms with Crippen LogP contribution in [0.3, 0.4) is 0 Å². The van der Waals surface area contributed by atoms with Gasteiger partial charge in [0.1, 0.15) is 12.3 Å². The van der Waals surface area contributed by atoms with Crippen LogP contribution in [0.5, 0.6) is 5.75 Å². The second-order valence-electron chi connectivity index (χ2n) is 7.78. The molecule has 1 N–H and O–H groups in total. The third-order valence-corrected chi connectivity index (χ3v) is 6.15. The summed E-state index contributed by atoms with van der Waals surface area (Å²) in [5, 5.41) is 1.05. The Balaban J connectivity index is 1.61. The van der Waals surface area contributed by atoms with Crippen molar-refractivity contribution >= 4 is 22.7 Å². The molecular weight excluding hydrogens is 368 g/mol. The van der Waals surface area contributed by atoms with Gasteiger partial charge in [0.05, 0.1) is 12.8 Å². The molecule has 29 heavy (non-hydrogen) atoms. The monoisotopic (exact) mass is 390 g/mol. The zero-order valence-electron chi connectivity index (χ0n) is 16.4. The third kappa shape index (κ3) is 2.53. The van der Waals surface area contributed by atoms with E-state index in [2.05, 4.69) is 9.97 Å². The summed E-state index contributed by atoms with van der Waals surface area (Å²) in [6.45, 7) is 2.84. The van der Waals surface area contributed by atoms with E-state index in [0.29, 0.717) is 19.5 Å². The Kier molecular flexibility index (Phi) is 3.87. The zero-order chi connectivity index (χ0) is 20.2. The molecule has 1 saturated heterocycles. The second kappa shape index (κ2) is 6.34. The van der Waals surface area contributed by atoms with E-state index < -0.39 is 5.54 Å². The summed E-state index contributed by atoms with van der Waals surface area (Å²) in [6, 6.07) is 9.60. The summed E-state index contributed by atoms with van der Waals surface area (Å²) < 4.78 is 5.38. The van der Waals surface area contributed by atoms with Gasteiger partial charge in [0.2, 0.25) is 5.91 Å². The van der Waals surface area contributed by atoms with Crippen LogP contribution in [-0.4, -0.2) is 51.8 Å². The number of aromatic nitrogens is 2. The van der Waals surface area contributed by atoms with Gasteiger partial charge in [0, 0.05) is 36.4 Å². The van der Waals surface area contributed by atoms with E-state index in [1.54, 1.807) is 29.3 Å². The number of methoxy groups -OCH3 is 1. The van der Waals surface area contributed by atoms with E-state index in [4.69, 9.17) is 4.74 Å². The van der Waals surface area contributed by atoms with Gasteiger partial charge in [-0.1, -0.05) is 6.07 Å². The highest BCUT2D eigenvalue weighted by atomic mass is 16.5. The molecule has 1 unspecified atom stereocenters. The highest BCUT2D eigenvalue weighted by Crippen LogP contribution is 2.42. The molecule has 5 rings (SSSR count). The predicted molar refractivity (Wildman–Crippen MR) is 107 cm³/mol. The van der Waals surface area contributed by atoms with Gasteiger partial charge in [-0.3, -0.25) is 14.6 Å². The molecule has 1 fully saturated rings. The summed E-state index contributed by atoms with van der Waals surface area (Å²) in [6.07, 6.45) is 4.13. The number of rotatable bonds is 3. The van der Waals surface area contributed by atoms with Crippen molar-refractivity contribution in [2.45, 2.75) is 25.4 Å². The molecular formula is C22H22N4O3. The Labute approximate surface area is 168 Å². The molecule has 3 aromatic rings. The first-order chi connectivity index (χ1) is 14.0. The Bertz CT molecular complexity index is 1120. The average Bonchev–Trinajstić information content (AvgIpc) is 3.12. The van der Waals surface area contributed by atoms with E-state index >= 15 is 0 Å². The van der Waals surface area contributed by atoms with Crippen molar-refractivity contribution in [2.75, 3.05) is 20.2 Å². The van der Waals surface area contributed by atoms with Crippen molar-refractivity contribution in [1.82, 2.24) is 19.8 Å². The number of carbonyl (C=O) groups excluding carboxylic acids is 2. The summed E-state index contributed by atoms with van der Waals surface area (Å²) in [5.41, 5.74) is 2.70. The summed E-state index contributed by atoms with van der Waals surface area (Å²) in [7, 11) is 1.64. The van der Waals surface area contributed by atoms with Gasteiger partial charge in [-0.25, -0.2) is 0 Å². The number of piperazine rings is 1. The molecule has 0 bridgehead atoms. The number of fused-ring (bicyclic) bond motifs is 5. The molecule has 2 aliphatic rings. The number of carbonyl (C=O) groups is 2. The number of nitrogens with zero attached hydrogens (tertiary/aromatic N) is 3. The molecule has 0 spiro atoms. The number of aromatic amines is 1. The lowest BCUT2D eigenvalue weighted by Crippen LogP contribution is -2.66. The van der Waals surface area contributed by atoms with Crippen molar-refractivity contribution in [1.29, 1.82) is 0 Å². The fourth-order valence-electron chi connectivity index (χ4n) is 4.68. The van der Waals surface area contributed by atoms with E-state index in [1.165, 1.54) is 0 Å². The highest BCUT2D eigenvalue weighted by Gasteiger charge is 2.54. The molecule has 2 aromatic heterocycles. The second-order valence-corrected chi connectivity index (χ2v) is 7.78. The number of hydrogen-bond donors (Lipinski definition) is 1. The molecule has 0 saturated carbocycles. The molecule has 7 heteroatoms.